The molecule has 0 radical (unpaired) electrons. The van der Waals surface area contributed by atoms with Gasteiger partial charge >= 0.3 is 5.69 Å². The summed E-state index contributed by atoms with van der Waals surface area (Å²) in [7, 11) is 5.04. The van der Waals surface area contributed by atoms with E-state index in [-0.39, 0.29) is 37.0 Å². The van der Waals surface area contributed by atoms with Crippen LogP contribution in [-0.4, -0.2) is 52.6 Å². The number of aromatic nitrogens is 2. The smallest absolute Gasteiger partial charge is 0.328 e. The Hall–Kier alpha value is -3.55. The molecule has 1 aliphatic heterocycles. The van der Waals surface area contributed by atoms with Crippen molar-refractivity contribution < 1.29 is 14.3 Å². The number of benzene rings is 2. The van der Waals surface area contributed by atoms with E-state index in [2.05, 4.69) is 0 Å². The highest BCUT2D eigenvalue weighted by molar-refractivity contribution is 5.97. The first-order valence-corrected chi connectivity index (χ1v) is 9.80. The average Bonchev–Trinajstić information content (AvgIpc) is 3.00. The van der Waals surface area contributed by atoms with Gasteiger partial charge in [-0.05, 0) is 24.3 Å². The van der Waals surface area contributed by atoms with Crippen LogP contribution < -0.4 is 15.3 Å². The summed E-state index contributed by atoms with van der Waals surface area (Å²) in [6.45, 7) is 0.391. The van der Waals surface area contributed by atoms with Crippen LogP contribution in [0.15, 0.2) is 53.3 Å². The second kappa shape index (κ2) is 7.70. The Kier molecular flexibility index (Phi) is 5.07. The minimum Gasteiger partial charge on any atom is -0.476 e. The van der Waals surface area contributed by atoms with Gasteiger partial charge in [-0.2, -0.15) is 0 Å². The number of carbonyl (C=O) groups excluding carboxylic acids is 2. The zero-order valence-electron chi connectivity index (χ0n) is 17.2. The number of fused-ring (bicyclic) bond motifs is 2. The van der Waals surface area contributed by atoms with Crippen LogP contribution in [0.25, 0.3) is 11.0 Å². The molecule has 8 heteroatoms. The van der Waals surface area contributed by atoms with Crippen molar-refractivity contribution in [2.75, 3.05) is 25.5 Å². The van der Waals surface area contributed by atoms with E-state index in [1.165, 1.54) is 4.90 Å². The molecule has 30 heavy (non-hydrogen) atoms. The normalized spacial score (nSPS) is 15.6. The first-order valence-electron chi connectivity index (χ1n) is 9.80. The zero-order chi connectivity index (χ0) is 21.4. The third-order valence-electron chi connectivity index (χ3n) is 5.39. The molecule has 0 bridgehead atoms. The van der Waals surface area contributed by atoms with Gasteiger partial charge < -0.3 is 14.5 Å². The maximum atomic E-state index is 13.1. The van der Waals surface area contributed by atoms with E-state index < -0.39 is 6.10 Å². The summed E-state index contributed by atoms with van der Waals surface area (Å²) in [6, 6.07) is 14.7. The molecule has 3 aromatic rings. The second-order valence-corrected chi connectivity index (χ2v) is 7.54. The number of hydrogen-bond acceptors (Lipinski definition) is 4. The Bertz CT molecular complexity index is 1180. The van der Waals surface area contributed by atoms with Gasteiger partial charge in [0.15, 0.2) is 6.10 Å². The number of para-hydroxylation sites is 4. The van der Waals surface area contributed by atoms with Crippen LogP contribution in [-0.2, 0) is 23.2 Å². The summed E-state index contributed by atoms with van der Waals surface area (Å²) < 4.78 is 9.03. The highest BCUT2D eigenvalue weighted by Gasteiger charge is 2.34. The number of carbonyl (C=O) groups is 2. The lowest BCUT2D eigenvalue weighted by Gasteiger charge is -2.35. The largest absolute Gasteiger partial charge is 0.476 e. The molecule has 0 saturated carbocycles. The first kappa shape index (κ1) is 19.8. The number of nitrogens with zero attached hydrogens (tertiary/aromatic N) is 4. The van der Waals surface area contributed by atoms with Gasteiger partial charge in [0.2, 0.25) is 5.91 Å². The topological polar surface area (TPSA) is 76.8 Å². The molecule has 8 nitrogen and oxygen atoms in total. The van der Waals surface area contributed by atoms with Crippen LogP contribution in [0.2, 0.25) is 0 Å². The average molecular weight is 408 g/mol. The highest BCUT2D eigenvalue weighted by Crippen LogP contribution is 2.33. The fraction of sp³-hybridized carbons (Fsp3) is 0.318. The number of anilines is 1. The number of amides is 2. The van der Waals surface area contributed by atoms with Crippen molar-refractivity contribution in [1.29, 1.82) is 0 Å². The van der Waals surface area contributed by atoms with Gasteiger partial charge in [-0.3, -0.25) is 18.7 Å². The Labute approximate surface area is 173 Å². The quantitative estimate of drug-likeness (QED) is 0.657. The maximum Gasteiger partial charge on any atom is 0.328 e. The van der Waals surface area contributed by atoms with Crippen molar-refractivity contribution in [3.8, 4) is 5.75 Å². The van der Waals surface area contributed by atoms with Crippen molar-refractivity contribution in [2.24, 2.45) is 7.05 Å². The minimum atomic E-state index is -0.765. The molecule has 2 amide bonds. The summed E-state index contributed by atoms with van der Waals surface area (Å²) in [4.78, 5) is 41.3. The summed E-state index contributed by atoms with van der Waals surface area (Å²) in [5, 5.41) is 0. The molecule has 156 valence electrons. The SMILES string of the molecule is CN(C)C(=O)[C@H]1CN(C(=O)CCn2c(=O)n(C)c3ccccc32)c2ccccc2O1. The van der Waals surface area contributed by atoms with E-state index in [0.717, 1.165) is 11.0 Å². The standard InChI is InChI=1S/C22H24N4O4/c1-23(2)21(28)19-14-26(17-10-6-7-11-18(17)30-19)20(27)12-13-25-16-9-5-4-8-15(16)24(3)22(25)29/h4-11,19H,12-14H2,1-3H3/t19-/m1/s1. The molecule has 0 unspecified atom stereocenters. The van der Waals surface area contributed by atoms with Crippen molar-refractivity contribution in [3.05, 3.63) is 59.0 Å². The van der Waals surface area contributed by atoms with Gasteiger partial charge in [0.1, 0.15) is 5.75 Å². The third-order valence-corrected chi connectivity index (χ3v) is 5.39. The van der Waals surface area contributed by atoms with E-state index in [0.29, 0.717) is 11.4 Å². The van der Waals surface area contributed by atoms with Crippen molar-refractivity contribution in [1.82, 2.24) is 14.0 Å². The van der Waals surface area contributed by atoms with Crippen molar-refractivity contribution in [2.45, 2.75) is 19.1 Å². The second-order valence-electron chi connectivity index (χ2n) is 7.54. The van der Waals surface area contributed by atoms with Crippen LogP contribution in [0.4, 0.5) is 5.69 Å². The van der Waals surface area contributed by atoms with E-state index >= 15 is 0 Å². The van der Waals surface area contributed by atoms with Crippen LogP contribution in [0, 0.1) is 0 Å². The van der Waals surface area contributed by atoms with Gasteiger partial charge in [-0.1, -0.05) is 24.3 Å². The monoisotopic (exact) mass is 408 g/mol. The molecule has 2 aromatic carbocycles. The minimum absolute atomic E-state index is 0.130. The Morgan fingerprint density at radius 2 is 1.73 bits per heavy atom. The Morgan fingerprint density at radius 3 is 2.47 bits per heavy atom. The summed E-state index contributed by atoms with van der Waals surface area (Å²) in [5.74, 6) is 0.134. The number of likely N-dealkylation sites (N-methyl/N-ethyl adjacent to an activating group) is 1. The van der Waals surface area contributed by atoms with Crippen molar-refractivity contribution in [3.63, 3.8) is 0 Å². The molecule has 0 saturated heterocycles. The van der Waals surface area contributed by atoms with Gasteiger partial charge in [-0.15, -0.1) is 0 Å². The van der Waals surface area contributed by atoms with Crippen LogP contribution >= 0.6 is 0 Å². The van der Waals surface area contributed by atoms with Gasteiger partial charge in [0.05, 0.1) is 23.3 Å². The maximum absolute atomic E-state index is 13.1. The number of imidazole rings is 1. The van der Waals surface area contributed by atoms with E-state index in [1.807, 2.05) is 30.3 Å². The third kappa shape index (κ3) is 3.34. The lowest BCUT2D eigenvalue weighted by molar-refractivity contribution is -0.136. The lowest BCUT2D eigenvalue weighted by atomic mass is 10.1. The predicted octanol–water partition coefficient (Wildman–Crippen LogP) is 1.61. The summed E-state index contributed by atoms with van der Waals surface area (Å²) in [5.41, 5.74) is 2.09. The number of rotatable bonds is 4. The summed E-state index contributed by atoms with van der Waals surface area (Å²) >= 11 is 0. The molecular formula is C22H24N4O4. The molecule has 1 atom stereocenters. The molecule has 1 aliphatic rings. The van der Waals surface area contributed by atoms with Crippen molar-refractivity contribution >= 4 is 28.5 Å². The summed E-state index contributed by atoms with van der Waals surface area (Å²) in [6.07, 6.45) is -0.635. The fourth-order valence-corrected chi connectivity index (χ4v) is 3.81. The molecule has 0 aliphatic carbocycles. The molecule has 0 N–H and O–H groups in total. The number of aryl methyl sites for hydroxylation is 2. The molecular weight excluding hydrogens is 384 g/mol. The van der Waals surface area contributed by atoms with Crippen LogP contribution in [0.1, 0.15) is 6.42 Å². The first-order chi connectivity index (χ1) is 14.4. The molecule has 2 heterocycles. The molecule has 4 rings (SSSR count). The van der Waals surface area contributed by atoms with Crippen LogP contribution in [0.3, 0.4) is 0 Å². The van der Waals surface area contributed by atoms with Gasteiger partial charge in [-0.25, -0.2) is 4.79 Å². The van der Waals surface area contributed by atoms with Gasteiger partial charge in [0.25, 0.3) is 5.91 Å². The zero-order valence-corrected chi connectivity index (χ0v) is 17.2. The van der Waals surface area contributed by atoms with E-state index in [4.69, 9.17) is 4.74 Å². The molecule has 0 spiro atoms. The number of hydrogen-bond donors (Lipinski definition) is 0. The van der Waals surface area contributed by atoms with E-state index in [1.54, 1.807) is 53.4 Å². The Balaban J connectivity index is 1.59. The van der Waals surface area contributed by atoms with Crippen LogP contribution in [0.5, 0.6) is 5.75 Å². The highest BCUT2D eigenvalue weighted by atomic mass is 16.5. The Morgan fingerprint density at radius 1 is 1.07 bits per heavy atom. The van der Waals surface area contributed by atoms with E-state index in [9.17, 15) is 14.4 Å². The predicted molar refractivity (Wildman–Crippen MR) is 114 cm³/mol. The number of ether oxygens (including phenoxy) is 1. The van der Waals surface area contributed by atoms with Gasteiger partial charge in [0, 0.05) is 34.1 Å². The molecule has 1 aromatic heterocycles. The fourth-order valence-electron chi connectivity index (χ4n) is 3.81. The molecule has 0 fully saturated rings. The lowest BCUT2D eigenvalue weighted by Crippen LogP contribution is -2.50.